The number of halogens is 2. The minimum absolute atomic E-state index is 0.255. The molecule has 5 heteroatoms. The van der Waals surface area contributed by atoms with Crippen LogP contribution in [0.25, 0.3) is 6.08 Å². The molecule has 2 rings (SSSR count). The molecule has 2 aromatic rings. The largest absolute Gasteiger partial charge is 0.488 e. The number of ether oxygens (including phenoxy) is 2. The van der Waals surface area contributed by atoms with E-state index in [9.17, 15) is 9.18 Å². The van der Waals surface area contributed by atoms with E-state index < -0.39 is 5.97 Å². The third-order valence-electron chi connectivity index (χ3n) is 3.02. The molecular formula is C18H16BrFO3. The van der Waals surface area contributed by atoms with Crippen molar-refractivity contribution in [3.05, 3.63) is 70.0 Å². The quantitative estimate of drug-likeness (QED) is 0.537. The summed E-state index contributed by atoms with van der Waals surface area (Å²) in [6.07, 6.45) is 3.05. The summed E-state index contributed by atoms with van der Waals surface area (Å²) in [4.78, 5) is 11.4. The van der Waals surface area contributed by atoms with Crippen LogP contribution in [-0.2, 0) is 16.1 Å². The monoisotopic (exact) mass is 378 g/mol. The molecule has 0 N–H and O–H groups in total. The number of carbonyl (C=O) groups is 1. The highest BCUT2D eigenvalue weighted by atomic mass is 79.9. The van der Waals surface area contributed by atoms with Gasteiger partial charge in [0, 0.05) is 12.1 Å². The number of hydrogen-bond donors (Lipinski definition) is 0. The molecule has 0 aliphatic carbocycles. The van der Waals surface area contributed by atoms with E-state index in [1.807, 2.05) is 24.3 Å². The van der Waals surface area contributed by atoms with E-state index in [2.05, 4.69) is 15.9 Å². The van der Waals surface area contributed by atoms with Gasteiger partial charge in [0.15, 0.2) is 0 Å². The van der Waals surface area contributed by atoms with Crippen LogP contribution in [0.1, 0.15) is 18.1 Å². The van der Waals surface area contributed by atoms with Crippen molar-refractivity contribution in [3.63, 3.8) is 0 Å². The molecule has 23 heavy (non-hydrogen) atoms. The normalized spacial score (nSPS) is 10.7. The van der Waals surface area contributed by atoms with Gasteiger partial charge in [0.2, 0.25) is 0 Å². The molecule has 0 spiro atoms. The van der Waals surface area contributed by atoms with Crippen molar-refractivity contribution < 1.29 is 18.7 Å². The van der Waals surface area contributed by atoms with Gasteiger partial charge >= 0.3 is 5.97 Å². The van der Waals surface area contributed by atoms with Crippen molar-refractivity contribution in [2.75, 3.05) is 6.61 Å². The van der Waals surface area contributed by atoms with Crippen molar-refractivity contribution in [1.82, 2.24) is 0 Å². The lowest BCUT2D eigenvalue weighted by molar-refractivity contribution is -0.137. The Balaban J connectivity index is 2.11. The Hall–Kier alpha value is -2.14. The Kier molecular flexibility index (Phi) is 6.35. The number of esters is 1. The van der Waals surface area contributed by atoms with Crippen molar-refractivity contribution in [2.24, 2.45) is 0 Å². The van der Waals surface area contributed by atoms with Gasteiger partial charge in [0.25, 0.3) is 0 Å². The van der Waals surface area contributed by atoms with Crippen LogP contribution in [0.5, 0.6) is 5.75 Å². The molecule has 0 bridgehead atoms. The maximum atomic E-state index is 13.3. The van der Waals surface area contributed by atoms with Crippen LogP contribution in [0.2, 0.25) is 0 Å². The minimum atomic E-state index is -0.393. The minimum Gasteiger partial charge on any atom is -0.488 e. The average molecular weight is 379 g/mol. The summed E-state index contributed by atoms with van der Waals surface area (Å²) in [5.41, 5.74) is 1.72. The van der Waals surface area contributed by atoms with Gasteiger partial charge in [-0.25, -0.2) is 9.18 Å². The number of hydrogen-bond acceptors (Lipinski definition) is 3. The van der Waals surface area contributed by atoms with Crippen LogP contribution >= 0.6 is 15.9 Å². The summed E-state index contributed by atoms with van der Waals surface area (Å²) >= 11 is 3.32. The van der Waals surface area contributed by atoms with Crippen molar-refractivity contribution in [2.45, 2.75) is 13.5 Å². The Labute approximate surface area is 142 Å². The smallest absolute Gasteiger partial charge is 0.330 e. The molecule has 0 aromatic heterocycles. The summed E-state index contributed by atoms with van der Waals surface area (Å²) < 4.78 is 24.5. The van der Waals surface area contributed by atoms with Crippen molar-refractivity contribution in [1.29, 1.82) is 0 Å². The Morgan fingerprint density at radius 1 is 1.26 bits per heavy atom. The third-order valence-corrected chi connectivity index (χ3v) is 3.67. The Morgan fingerprint density at radius 3 is 2.83 bits per heavy atom. The maximum absolute atomic E-state index is 13.3. The molecule has 0 aliphatic heterocycles. The van der Waals surface area contributed by atoms with Crippen molar-refractivity contribution in [3.8, 4) is 5.75 Å². The summed E-state index contributed by atoms with van der Waals surface area (Å²) in [7, 11) is 0. The van der Waals surface area contributed by atoms with Gasteiger partial charge in [-0.05, 0) is 52.2 Å². The predicted molar refractivity (Wildman–Crippen MR) is 90.5 cm³/mol. The van der Waals surface area contributed by atoms with Gasteiger partial charge in [-0.15, -0.1) is 0 Å². The summed E-state index contributed by atoms with van der Waals surface area (Å²) in [6, 6.07) is 11.8. The van der Waals surface area contributed by atoms with Crippen LogP contribution in [0.4, 0.5) is 4.39 Å². The van der Waals surface area contributed by atoms with E-state index in [1.165, 1.54) is 18.2 Å². The first-order valence-electron chi connectivity index (χ1n) is 7.10. The molecular weight excluding hydrogens is 363 g/mol. The summed E-state index contributed by atoms with van der Waals surface area (Å²) in [5, 5.41) is 0. The first kappa shape index (κ1) is 17.2. The standard InChI is InChI=1S/C18H16BrFO3/c1-2-22-18(21)10-7-13-5-3-4-6-14(13)12-23-17-11-15(20)8-9-16(17)19/h3-11H,2,12H2,1H3/b10-7+. The number of carbonyl (C=O) groups excluding carboxylic acids is 1. The van der Waals surface area contributed by atoms with Gasteiger partial charge in [0.05, 0.1) is 11.1 Å². The first-order valence-corrected chi connectivity index (χ1v) is 7.90. The Morgan fingerprint density at radius 2 is 2.04 bits per heavy atom. The molecule has 0 amide bonds. The molecule has 0 radical (unpaired) electrons. The number of rotatable bonds is 6. The van der Waals surface area contributed by atoms with Gasteiger partial charge in [-0.3, -0.25) is 0 Å². The lowest BCUT2D eigenvalue weighted by atomic mass is 10.1. The van der Waals surface area contributed by atoms with Crippen molar-refractivity contribution >= 4 is 28.0 Å². The van der Waals surface area contributed by atoms with Crippen LogP contribution < -0.4 is 4.74 Å². The van der Waals surface area contributed by atoms with Crippen LogP contribution in [0.3, 0.4) is 0 Å². The first-order chi connectivity index (χ1) is 11.1. The van der Waals surface area contributed by atoms with Gasteiger partial charge < -0.3 is 9.47 Å². The zero-order valence-corrected chi connectivity index (χ0v) is 14.2. The van der Waals surface area contributed by atoms with E-state index >= 15 is 0 Å². The van der Waals surface area contributed by atoms with E-state index in [-0.39, 0.29) is 12.4 Å². The molecule has 120 valence electrons. The third kappa shape index (κ3) is 5.21. The van der Waals surface area contributed by atoms with E-state index in [0.717, 1.165) is 11.1 Å². The van der Waals surface area contributed by atoms with Crippen LogP contribution in [0, 0.1) is 5.82 Å². The fraction of sp³-hybridized carbons (Fsp3) is 0.167. The van der Waals surface area contributed by atoms with E-state index in [4.69, 9.17) is 9.47 Å². The lowest BCUT2D eigenvalue weighted by Crippen LogP contribution is -2.00. The topological polar surface area (TPSA) is 35.5 Å². The molecule has 0 fully saturated rings. The summed E-state index contributed by atoms with van der Waals surface area (Å²) in [6.45, 7) is 2.34. The highest BCUT2D eigenvalue weighted by Crippen LogP contribution is 2.26. The SMILES string of the molecule is CCOC(=O)/C=C/c1ccccc1COc1cc(F)ccc1Br. The van der Waals surface area contributed by atoms with Gasteiger partial charge in [-0.1, -0.05) is 24.3 Å². The van der Waals surface area contributed by atoms with Crippen LogP contribution in [-0.4, -0.2) is 12.6 Å². The second kappa shape index (κ2) is 8.48. The molecule has 0 atom stereocenters. The molecule has 2 aromatic carbocycles. The zero-order valence-electron chi connectivity index (χ0n) is 12.6. The van der Waals surface area contributed by atoms with E-state index in [1.54, 1.807) is 19.1 Å². The average Bonchev–Trinajstić information content (AvgIpc) is 2.55. The fourth-order valence-corrected chi connectivity index (χ4v) is 2.28. The molecule has 0 unspecified atom stereocenters. The van der Waals surface area contributed by atoms with Gasteiger partial charge in [-0.2, -0.15) is 0 Å². The second-order valence-corrected chi connectivity index (χ2v) is 5.50. The maximum Gasteiger partial charge on any atom is 0.330 e. The Bertz CT molecular complexity index is 713. The molecule has 0 heterocycles. The second-order valence-electron chi connectivity index (χ2n) is 4.65. The van der Waals surface area contributed by atoms with E-state index in [0.29, 0.717) is 16.8 Å². The highest BCUT2D eigenvalue weighted by molar-refractivity contribution is 9.10. The lowest BCUT2D eigenvalue weighted by Gasteiger charge is -2.10. The fourth-order valence-electron chi connectivity index (χ4n) is 1.92. The zero-order chi connectivity index (χ0) is 16.7. The summed E-state index contributed by atoms with van der Waals surface area (Å²) in [5.74, 6) is -0.330. The van der Waals surface area contributed by atoms with Gasteiger partial charge in [0.1, 0.15) is 18.2 Å². The number of benzene rings is 2. The molecule has 3 nitrogen and oxygen atoms in total. The highest BCUT2D eigenvalue weighted by Gasteiger charge is 2.06. The molecule has 0 aliphatic rings. The predicted octanol–water partition coefficient (Wildman–Crippen LogP) is 4.74. The van der Waals surface area contributed by atoms with Crippen LogP contribution in [0.15, 0.2) is 53.0 Å². The molecule has 0 saturated carbocycles. The molecule has 0 saturated heterocycles.